The molecular formula is C11H9CoO-. The fourth-order valence-electron chi connectivity index (χ4n) is 1.26. The summed E-state index contributed by atoms with van der Waals surface area (Å²) in [5.41, 5.74) is 0. The largest absolute Gasteiger partial charge is 0.665 e. The van der Waals surface area contributed by atoms with Crippen molar-refractivity contribution in [1.82, 2.24) is 0 Å². The first-order chi connectivity index (χ1) is 5.90. The molecule has 0 N–H and O–H groups in total. The molecule has 2 aromatic rings. The van der Waals surface area contributed by atoms with Crippen LogP contribution in [-0.2, 0) is 16.8 Å². The summed E-state index contributed by atoms with van der Waals surface area (Å²) in [6.45, 7) is 0. The zero-order valence-corrected chi connectivity index (χ0v) is 8.03. The number of benzene rings is 2. The monoisotopic (exact) mass is 216 g/mol. The predicted molar refractivity (Wildman–Crippen MR) is 49.9 cm³/mol. The molecule has 69 valence electrons. The minimum atomic E-state index is 0. The van der Waals surface area contributed by atoms with Crippen LogP contribution in [0.3, 0.4) is 0 Å². The van der Waals surface area contributed by atoms with Crippen LogP contribution in [0, 0.1) is 7.11 Å². The van der Waals surface area contributed by atoms with Gasteiger partial charge in [0.15, 0.2) is 0 Å². The van der Waals surface area contributed by atoms with E-state index in [4.69, 9.17) is 4.74 Å². The van der Waals surface area contributed by atoms with Crippen molar-refractivity contribution in [2.45, 2.75) is 0 Å². The van der Waals surface area contributed by atoms with Crippen LogP contribution in [0.15, 0.2) is 42.5 Å². The topological polar surface area (TPSA) is 9.23 Å². The number of hydrogen-bond acceptors (Lipinski definition) is 1. The van der Waals surface area contributed by atoms with Gasteiger partial charge >= 0.3 is 0 Å². The Morgan fingerprint density at radius 1 is 0.923 bits per heavy atom. The molecular weight excluding hydrogens is 207 g/mol. The van der Waals surface area contributed by atoms with Crippen molar-refractivity contribution in [2.24, 2.45) is 0 Å². The molecule has 2 heteroatoms. The Morgan fingerprint density at radius 2 is 1.62 bits per heavy atom. The minimum Gasteiger partial charge on any atom is -0.665 e. The molecule has 0 aliphatic carbocycles. The van der Waals surface area contributed by atoms with Gasteiger partial charge in [-0.2, -0.15) is 7.11 Å². The summed E-state index contributed by atoms with van der Waals surface area (Å²) < 4.78 is 4.87. The van der Waals surface area contributed by atoms with Crippen LogP contribution < -0.4 is 4.74 Å². The molecule has 13 heavy (non-hydrogen) atoms. The molecule has 0 aliphatic rings. The molecule has 1 radical (unpaired) electrons. The average molecular weight is 216 g/mol. The van der Waals surface area contributed by atoms with E-state index < -0.39 is 0 Å². The van der Waals surface area contributed by atoms with E-state index in [1.165, 1.54) is 10.8 Å². The number of hydrogen-bond donors (Lipinski definition) is 0. The molecule has 1 nitrogen and oxygen atoms in total. The second-order valence-corrected chi connectivity index (χ2v) is 2.65. The van der Waals surface area contributed by atoms with Crippen molar-refractivity contribution in [3.63, 3.8) is 0 Å². The van der Waals surface area contributed by atoms with E-state index in [0.717, 1.165) is 5.75 Å². The van der Waals surface area contributed by atoms with Gasteiger partial charge in [-0.25, -0.2) is 0 Å². The smallest absolute Gasteiger partial charge is 0.0849 e. The predicted octanol–water partition coefficient (Wildman–Crippen LogP) is 3.01. The van der Waals surface area contributed by atoms with E-state index in [1.807, 2.05) is 30.3 Å². The van der Waals surface area contributed by atoms with Gasteiger partial charge in [-0.1, -0.05) is 30.3 Å². The Labute approximate surface area is 87.9 Å². The normalized spacial score (nSPS) is 9.31. The third kappa shape index (κ3) is 2.02. The van der Waals surface area contributed by atoms with Gasteiger partial charge in [-0.15, -0.1) is 0 Å². The van der Waals surface area contributed by atoms with Crippen molar-refractivity contribution < 1.29 is 21.5 Å². The van der Waals surface area contributed by atoms with Gasteiger partial charge in [-0.05, 0) is 22.9 Å². The summed E-state index contributed by atoms with van der Waals surface area (Å²) in [6.07, 6.45) is 0. The molecule has 0 amide bonds. The number of fused-ring (bicyclic) bond motifs is 1. The van der Waals surface area contributed by atoms with Crippen LogP contribution in [0.5, 0.6) is 5.75 Å². The Balaban J connectivity index is 0.000000845. The van der Waals surface area contributed by atoms with Crippen LogP contribution in [0.25, 0.3) is 10.8 Å². The first-order valence-corrected chi connectivity index (χ1v) is 3.81. The maximum Gasteiger partial charge on any atom is 0.0849 e. The van der Waals surface area contributed by atoms with Gasteiger partial charge in [-0.3, -0.25) is 0 Å². The SMILES string of the molecule is [CH2-]Oc1ccc2ccccc2c1.[Co]. The Bertz CT molecular complexity index is 398. The van der Waals surface area contributed by atoms with E-state index in [1.54, 1.807) is 0 Å². The van der Waals surface area contributed by atoms with Crippen molar-refractivity contribution >= 4 is 10.8 Å². The third-order valence-electron chi connectivity index (χ3n) is 1.89. The van der Waals surface area contributed by atoms with Crippen LogP contribution in [0.2, 0.25) is 0 Å². The maximum atomic E-state index is 4.87. The summed E-state index contributed by atoms with van der Waals surface area (Å²) in [5, 5.41) is 2.40. The average Bonchev–Trinajstić information content (AvgIpc) is 2.17. The maximum absolute atomic E-state index is 4.87. The summed E-state index contributed by atoms with van der Waals surface area (Å²) >= 11 is 0. The molecule has 0 saturated carbocycles. The third-order valence-corrected chi connectivity index (χ3v) is 1.89. The standard InChI is InChI=1S/C11H9O.Co/c1-12-11-7-6-9-4-2-3-5-10(9)8-11;/h2-8H,1H2;/q-1;. The second kappa shape index (κ2) is 4.30. The van der Waals surface area contributed by atoms with Gasteiger partial charge < -0.3 is 4.74 Å². The van der Waals surface area contributed by atoms with Gasteiger partial charge in [0, 0.05) is 16.8 Å². The number of ether oxygens (including phenoxy) is 1. The quantitative estimate of drug-likeness (QED) is 0.666. The molecule has 0 unspecified atom stereocenters. The molecule has 2 aromatic carbocycles. The Morgan fingerprint density at radius 3 is 2.31 bits per heavy atom. The molecule has 0 atom stereocenters. The van der Waals surface area contributed by atoms with E-state index in [-0.39, 0.29) is 16.8 Å². The van der Waals surface area contributed by atoms with Crippen LogP contribution >= 0.6 is 0 Å². The number of rotatable bonds is 1. The van der Waals surface area contributed by atoms with Gasteiger partial charge in [0.2, 0.25) is 0 Å². The van der Waals surface area contributed by atoms with Crippen molar-refractivity contribution in [3.8, 4) is 5.75 Å². The van der Waals surface area contributed by atoms with Crippen LogP contribution in [0.1, 0.15) is 0 Å². The van der Waals surface area contributed by atoms with Gasteiger partial charge in [0.25, 0.3) is 0 Å². The van der Waals surface area contributed by atoms with Crippen molar-refractivity contribution in [3.05, 3.63) is 49.6 Å². The minimum absolute atomic E-state index is 0. The zero-order valence-electron chi connectivity index (χ0n) is 6.99. The van der Waals surface area contributed by atoms with Crippen molar-refractivity contribution in [2.75, 3.05) is 0 Å². The van der Waals surface area contributed by atoms with Gasteiger partial charge in [0.05, 0.1) is 5.75 Å². The first-order valence-electron chi connectivity index (χ1n) is 3.81. The second-order valence-electron chi connectivity index (χ2n) is 2.65. The van der Waals surface area contributed by atoms with Crippen LogP contribution in [0.4, 0.5) is 0 Å². The molecule has 0 spiro atoms. The van der Waals surface area contributed by atoms with Crippen molar-refractivity contribution in [1.29, 1.82) is 0 Å². The fraction of sp³-hybridized carbons (Fsp3) is 0. The van der Waals surface area contributed by atoms with E-state index >= 15 is 0 Å². The summed E-state index contributed by atoms with van der Waals surface area (Å²) in [6, 6.07) is 14.1. The van der Waals surface area contributed by atoms with E-state index in [9.17, 15) is 0 Å². The molecule has 2 rings (SSSR count). The van der Waals surface area contributed by atoms with E-state index in [0.29, 0.717) is 0 Å². The Hall–Kier alpha value is -0.994. The fourth-order valence-corrected chi connectivity index (χ4v) is 1.26. The molecule has 0 aliphatic heterocycles. The summed E-state index contributed by atoms with van der Waals surface area (Å²) in [7, 11) is 3.36. The summed E-state index contributed by atoms with van der Waals surface area (Å²) in [4.78, 5) is 0. The van der Waals surface area contributed by atoms with Gasteiger partial charge in [0.1, 0.15) is 0 Å². The summed E-state index contributed by atoms with van der Waals surface area (Å²) in [5.74, 6) is 0.800. The molecule has 0 heterocycles. The van der Waals surface area contributed by atoms with Crippen LogP contribution in [-0.4, -0.2) is 0 Å². The zero-order chi connectivity index (χ0) is 8.39. The Kier molecular flexibility index (Phi) is 3.34. The molecule has 0 bridgehead atoms. The molecule has 0 fully saturated rings. The molecule has 0 aromatic heterocycles. The molecule has 0 saturated heterocycles. The van der Waals surface area contributed by atoms with E-state index in [2.05, 4.69) is 19.2 Å². The first kappa shape index (κ1) is 10.1.